The van der Waals surface area contributed by atoms with Crippen molar-refractivity contribution in [3.05, 3.63) is 89.7 Å². The Morgan fingerprint density at radius 3 is 2.35 bits per heavy atom. The molecule has 2 heterocycles. The van der Waals surface area contributed by atoms with Crippen molar-refractivity contribution in [3.63, 3.8) is 0 Å². The Morgan fingerprint density at radius 2 is 1.71 bits per heavy atom. The number of ether oxygens (including phenoxy) is 1. The maximum atomic E-state index is 13.8. The number of benzene rings is 4. The van der Waals surface area contributed by atoms with Gasteiger partial charge in [-0.2, -0.15) is 5.26 Å². The third-order valence-corrected chi connectivity index (χ3v) is 9.51. The highest BCUT2D eigenvalue weighted by atomic mass is 32.2. The molecule has 48 heavy (non-hydrogen) atoms. The molecule has 10 nitrogen and oxygen atoms in total. The van der Waals surface area contributed by atoms with Crippen LogP contribution in [0.25, 0.3) is 56.0 Å². The van der Waals surface area contributed by atoms with Crippen LogP contribution in [0.1, 0.15) is 29.8 Å². The van der Waals surface area contributed by atoms with Crippen molar-refractivity contribution < 1.29 is 31.2 Å². The summed E-state index contributed by atoms with van der Waals surface area (Å²) in [5.74, 6) is -0.0148. The second-order valence-electron chi connectivity index (χ2n) is 11.8. The second-order valence-corrected chi connectivity index (χ2v) is 13.8. The quantitative estimate of drug-likeness (QED) is 0.179. The number of amides is 1. The minimum Gasteiger partial charge on any atom is -0.496 e. The summed E-state index contributed by atoms with van der Waals surface area (Å²) in [5.41, 5.74) is 3.58. The van der Waals surface area contributed by atoms with E-state index in [2.05, 4.69) is 11.4 Å². The third kappa shape index (κ3) is 5.52. The number of anilines is 1. The highest BCUT2D eigenvalue weighted by molar-refractivity contribution is 7.92. The molecule has 12 heteroatoms. The van der Waals surface area contributed by atoms with Crippen LogP contribution in [0.5, 0.6) is 5.75 Å². The maximum absolute atomic E-state index is 13.8. The van der Waals surface area contributed by atoms with Crippen molar-refractivity contribution in [2.24, 2.45) is 0 Å². The molecule has 2 aromatic heterocycles. The van der Waals surface area contributed by atoms with Crippen LogP contribution in [0.4, 0.5) is 10.1 Å². The van der Waals surface area contributed by atoms with E-state index in [1.807, 2.05) is 6.07 Å². The number of nitriles is 1. The fourth-order valence-corrected chi connectivity index (χ4v) is 6.14. The number of nitrogens with one attached hydrogen (secondary N) is 1. The zero-order chi connectivity index (χ0) is 34.5. The number of nitrogens with zero attached hydrogens (tertiary/aromatic N) is 3. The topological polar surface area (TPSA) is 139 Å². The first-order valence-electron chi connectivity index (χ1n) is 14.8. The lowest BCUT2D eigenvalue weighted by molar-refractivity contribution is 0.0964. The molecule has 1 N–H and O–H groups in total. The Bertz CT molecular complexity index is 2390. The van der Waals surface area contributed by atoms with E-state index >= 15 is 0 Å². The van der Waals surface area contributed by atoms with E-state index in [0.29, 0.717) is 50.1 Å². The number of carbonyl (C=O) groups excluding carboxylic acids is 1. The van der Waals surface area contributed by atoms with Crippen LogP contribution in [0.3, 0.4) is 0 Å². The minimum atomic E-state index is -3.76. The molecule has 0 aliphatic heterocycles. The first-order chi connectivity index (χ1) is 22.8. The maximum Gasteiger partial charge on any atom is 0.255 e. The smallest absolute Gasteiger partial charge is 0.255 e. The number of sulfonamides is 1. The van der Waals surface area contributed by atoms with Gasteiger partial charge in [0.25, 0.3) is 5.91 Å². The highest BCUT2D eigenvalue weighted by Gasteiger charge is 2.28. The fraction of sp³-hybridized carbons (Fsp3) is 0.194. The Kier molecular flexibility index (Phi) is 7.97. The average Bonchev–Trinajstić information content (AvgIpc) is 3.68. The van der Waals surface area contributed by atoms with E-state index in [9.17, 15) is 22.9 Å². The molecule has 0 aliphatic carbocycles. The van der Waals surface area contributed by atoms with Crippen molar-refractivity contribution in [2.45, 2.75) is 19.3 Å². The SMILES string of the molecule is CNC(=O)c1c(-c2ccc(F)cc2)oc2cc(N(C)S(C)(=O)=O)c(-c3ccc(OC)c(-c4nc5c(C(C)(C)C#N)cccc5o4)c3)cc12. The summed E-state index contributed by atoms with van der Waals surface area (Å²) in [4.78, 5) is 18.1. The molecule has 0 unspecified atom stereocenters. The largest absolute Gasteiger partial charge is 0.496 e. The number of rotatable bonds is 8. The van der Waals surface area contributed by atoms with Crippen LogP contribution in [0.2, 0.25) is 0 Å². The summed E-state index contributed by atoms with van der Waals surface area (Å²) in [5, 5.41) is 12.9. The molecule has 0 atom stereocenters. The van der Waals surface area contributed by atoms with E-state index < -0.39 is 27.2 Å². The zero-order valence-electron chi connectivity index (χ0n) is 27.0. The van der Waals surface area contributed by atoms with Crippen molar-refractivity contribution in [1.82, 2.24) is 10.3 Å². The standard InChI is InChI=1S/C36H31FN4O6S/c1-36(2,19-38)26-8-7-9-29-32(26)40-35(47-29)25-16-21(12-15-28(25)45-5)23-17-24-30(18-27(23)41(4)48(6,43)44)46-33(31(24)34(42)39-3)20-10-13-22(37)14-11-20/h7-18H,1-6H3,(H,39,42). The van der Waals surface area contributed by atoms with Crippen LogP contribution in [0.15, 0.2) is 81.6 Å². The lowest BCUT2D eigenvalue weighted by Crippen LogP contribution is -2.25. The lowest BCUT2D eigenvalue weighted by Gasteiger charge is -2.21. The van der Waals surface area contributed by atoms with Crippen molar-refractivity contribution in [3.8, 4) is 45.7 Å². The van der Waals surface area contributed by atoms with E-state index in [0.717, 1.165) is 10.6 Å². The Hall–Kier alpha value is -5.67. The van der Waals surface area contributed by atoms with Crippen LogP contribution >= 0.6 is 0 Å². The molecule has 4 aromatic carbocycles. The van der Waals surface area contributed by atoms with Gasteiger partial charge in [-0.3, -0.25) is 9.10 Å². The average molecular weight is 667 g/mol. The number of methoxy groups -OCH3 is 1. The molecule has 0 radical (unpaired) electrons. The summed E-state index contributed by atoms with van der Waals surface area (Å²) in [6.07, 6.45) is 1.08. The molecule has 0 aliphatic rings. The number of carbonyl (C=O) groups is 1. The van der Waals surface area contributed by atoms with Gasteiger partial charge in [0, 0.05) is 42.2 Å². The van der Waals surface area contributed by atoms with Gasteiger partial charge >= 0.3 is 0 Å². The van der Waals surface area contributed by atoms with Gasteiger partial charge in [0.15, 0.2) is 5.58 Å². The summed E-state index contributed by atoms with van der Waals surface area (Å²) in [6.45, 7) is 3.61. The molecule has 1 amide bonds. The van der Waals surface area contributed by atoms with E-state index in [-0.39, 0.29) is 28.5 Å². The number of para-hydroxylation sites is 1. The van der Waals surface area contributed by atoms with Crippen LogP contribution in [-0.4, -0.2) is 46.8 Å². The van der Waals surface area contributed by atoms with E-state index in [4.69, 9.17) is 18.6 Å². The number of hydrogen-bond donors (Lipinski definition) is 1. The number of furan rings is 1. The third-order valence-electron chi connectivity index (χ3n) is 8.32. The van der Waals surface area contributed by atoms with Crippen molar-refractivity contribution in [1.29, 1.82) is 5.26 Å². The van der Waals surface area contributed by atoms with Crippen molar-refractivity contribution >= 4 is 43.7 Å². The molecular weight excluding hydrogens is 635 g/mol. The number of hydrogen-bond acceptors (Lipinski definition) is 8. The number of halogens is 1. The zero-order valence-corrected chi connectivity index (χ0v) is 27.8. The van der Waals surface area contributed by atoms with Crippen LogP contribution < -0.4 is 14.4 Å². The number of oxazole rings is 1. The molecule has 0 spiro atoms. The number of fused-ring (bicyclic) bond motifs is 2. The highest BCUT2D eigenvalue weighted by Crippen LogP contribution is 2.44. The Balaban J connectivity index is 1.63. The molecule has 0 bridgehead atoms. The first-order valence-corrected chi connectivity index (χ1v) is 16.6. The van der Waals surface area contributed by atoms with Gasteiger partial charge in [-0.05, 0) is 67.9 Å². The van der Waals surface area contributed by atoms with E-state index in [1.54, 1.807) is 56.3 Å². The van der Waals surface area contributed by atoms with Crippen molar-refractivity contribution in [2.75, 3.05) is 31.8 Å². The molecule has 0 saturated carbocycles. The Labute approximate surface area is 276 Å². The molecular formula is C36H31FN4O6S. The van der Waals surface area contributed by atoms with Gasteiger partial charge in [0.1, 0.15) is 28.4 Å². The summed E-state index contributed by atoms with van der Waals surface area (Å²) in [6, 6.07) is 21.7. The van der Waals surface area contributed by atoms with Gasteiger partial charge < -0.3 is 18.9 Å². The molecule has 6 rings (SSSR count). The Morgan fingerprint density at radius 1 is 1.00 bits per heavy atom. The van der Waals surface area contributed by atoms with Gasteiger partial charge in [-0.25, -0.2) is 17.8 Å². The monoisotopic (exact) mass is 666 g/mol. The first kappa shape index (κ1) is 32.3. The van der Waals surface area contributed by atoms with Gasteiger partial charge in [0.05, 0.1) is 41.7 Å². The molecule has 0 saturated heterocycles. The predicted molar refractivity (Wildman–Crippen MR) is 182 cm³/mol. The fourth-order valence-electron chi connectivity index (χ4n) is 5.63. The summed E-state index contributed by atoms with van der Waals surface area (Å²) < 4.78 is 58.7. The summed E-state index contributed by atoms with van der Waals surface area (Å²) >= 11 is 0. The molecule has 0 fully saturated rings. The predicted octanol–water partition coefficient (Wildman–Crippen LogP) is 7.28. The van der Waals surface area contributed by atoms with Gasteiger partial charge in [-0.1, -0.05) is 18.2 Å². The van der Waals surface area contributed by atoms with Crippen LogP contribution in [-0.2, 0) is 15.4 Å². The normalized spacial score (nSPS) is 11.9. The summed E-state index contributed by atoms with van der Waals surface area (Å²) in [7, 11) is 0.663. The van der Waals surface area contributed by atoms with Crippen LogP contribution in [0, 0.1) is 17.1 Å². The molecule has 6 aromatic rings. The van der Waals surface area contributed by atoms with Gasteiger partial charge in [-0.15, -0.1) is 0 Å². The number of aromatic nitrogens is 1. The lowest BCUT2D eigenvalue weighted by atomic mass is 9.85. The minimum absolute atomic E-state index is 0.201. The van der Waals surface area contributed by atoms with E-state index in [1.165, 1.54) is 45.5 Å². The second kappa shape index (κ2) is 11.8. The molecule has 244 valence electrons. The van der Waals surface area contributed by atoms with Gasteiger partial charge in [0.2, 0.25) is 15.9 Å².